The Balaban J connectivity index is 1.96. The predicted molar refractivity (Wildman–Crippen MR) is 86.3 cm³/mol. The Bertz CT molecular complexity index is 435. The highest BCUT2D eigenvalue weighted by atomic mass is 16.5. The van der Waals surface area contributed by atoms with Crippen LogP contribution in [0, 0.1) is 0 Å². The van der Waals surface area contributed by atoms with Crippen molar-refractivity contribution in [1.29, 1.82) is 0 Å². The Hall–Kier alpha value is -1.88. The Labute approximate surface area is 132 Å². The first-order valence-corrected chi connectivity index (χ1v) is 7.87. The van der Waals surface area contributed by atoms with Gasteiger partial charge in [0.15, 0.2) is 0 Å². The minimum Gasteiger partial charge on any atom is -0.377 e. The molecule has 2 amide bonds. The van der Waals surface area contributed by atoms with Gasteiger partial charge in [0.2, 0.25) is 11.8 Å². The van der Waals surface area contributed by atoms with E-state index in [1.165, 1.54) is 0 Å². The summed E-state index contributed by atoms with van der Waals surface area (Å²) >= 11 is 0. The molecular weight excluding hydrogens is 280 g/mol. The average molecular weight is 306 g/mol. The van der Waals surface area contributed by atoms with E-state index in [0.29, 0.717) is 45.6 Å². The fourth-order valence-electron chi connectivity index (χ4n) is 1.86. The van der Waals surface area contributed by atoms with Crippen molar-refractivity contribution in [3.63, 3.8) is 0 Å². The van der Waals surface area contributed by atoms with Crippen LogP contribution in [0.15, 0.2) is 30.3 Å². The average Bonchev–Trinajstić information content (AvgIpc) is 2.53. The van der Waals surface area contributed by atoms with Crippen molar-refractivity contribution < 1.29 is 14.3 Å². The smallest absolute Gasteiger partial charge is 0.221 e. The number of carbonyl (C=O) groups excluding carboxylic acids is 2. The van der Waals surface area contributed by atoms with Crippen molar-refractivity contribution in [2.75, 3.05) is 19.7 Å². The minimum absolute atomic E-state index is 0.0201. The number of rotatable bonds is 11. The van der Waals surface area contributed by atoms with Crippen molar-refractivity contribution >= 4 is 11.8 Å². The first kappa shape index (κ1) is 18.2. The van der Waals surface area contributed by atoms with E-state index in [-0.39, 0.29) is 11.8 Å². The Morgan fingerprint density at radius 1 is 1.00 bits per heavy atom. The highest BCUT2D eigenvalue weighted by Gasteiger charge is 2.03. The largest absolute Gasteiger partial charge is 0.377 e. The molecule has 2 N–H and O–H groups in total. The number of hydrogen-bond acceptors (Lipinski definition) is 3. The summed E-state index contributed by atoms with van der Waals surface area (Å²) in [5.41, 5.74) is 1.13. The van der Waals surface area contributed by atoms with E-state index in [9.17, 15) is 9.59 Å². The normalized spacial score (nSPS) is 10.2. The molecule has 0 spiro atoms. The topological polar surface area (TPSA) is 67.4 Å². The van der Waals surface area contributed by atoms with Crippen LogP contribution in [0.25, 0.3) is 0 Å². The third-order valence-corrected chi connectivity index (χ3v) is 3.05. The van der Waals surface area contributed by atoms with E-state index in [2.05, 4.69) is 10.6 Å². The summed E-state index contributed by atoms with van der Waals surface area (Å²) in [5.74, 6) is -0.0556. The fourth-order valence-corrected chi connectivity index (χ4v) is 1.86. The van der Waals surface area contributed by atoms with Crippen molar-refractivity contribution in [3.8, 4) is 0 Å². The number of benzene rings is 1. The maximum absolute atomic E-state index is 11.6. The maximum Gasteiger partial charge on any atom is 0.221 e. The molecule has 0 saturated carbocycles. The third-order valence-electron chi connectivity index (χ3n) is 3.05. The van der Waals surface area contributed by atoms with Crippen LogP contribution in [-0.2, 0) is 20.9 Å². The van der Waals surface area contributed by atoms with Crippen molar-refractivity contribution in [3.05, 3.63) is 35.9 Å². The number of ether oxygens (including phenoxy) is 1. The molecule has 0 fully saturated rings. The molecule has 0 radical (unpaired) electrons. The van der Waals surface area contributed by atoms with Gasteiger partial charge in [-0.15, -0.1) is 0 Å². The number of carbonyl (C=O) groups is 2. The first-order chi connectivity index (χ1) is 10.7. The van der Waals surface area contributed by atoms with Crippen LogP contribution >= 0.6 is 0 Å². The zero-order valence-corrected chi connectivity index (χ0v) is 13.3. The Kier molecular flexibility index (Phi) is 9.70. The number of hydrogen-bond donors (Lipinski definition) is 2. The monoisotopic (exact) mass is 306 g/mol. The highest BCUT2D eigenvalue weighted by molar-refractivity contribution is 5.78. The van der Waals surface area contributed by atoms with Crippen molar-refractivity contribution in [1.82, 2.24) is 10.6 Å². The van der Waals surface area contributed by atoms with Gasteiger partial charge in [0.05, 0.1) is 6.61 Å². The molecule has 0 atom stereocenters. The van der Waals surface area contributed by atoms with E-state index >= 15 is 0 Å². The Morgan fingerprint density at radius 3 is 2.41 bits per heavy atom. The van der Waals surface area contributed by atoms with Crippen LogP contribution in [0.5, 0.6) is 0 Å². The molecule has 0 aliphatic carbocycles. The molecule has 5 nitrogen and oxygen atoms in total. The SMILES string of the molecule is CCCNC(=O)CCNC(=O)CCCOCc1ccccc1. The molecule has 5 heteroatoms. The van der Waals surface area contributed by atoms with Gasteiger partial charge in [-0.25, -0.2) is 0 Å². The molecule has 0 bridgehead atoms. The molecule has 122 valence electrons. The molecule has 1 rings (SSSR count). The van der Waals surface area contributed by atoms with Gasteiger partial charge in [0.25, 0.3) is 0 Å². The molecule has 0 heterocycles. The number of nitrogens with one attached hydrogen (secondary N) is 2. The summed E-state index contributed by atoms with van der Waals surface area (Å²) in [5, 5.41) is 5.51. The van der Waals surface area contributed by atoms with Gasteiger partial charge in [-0.3, -0.25) is 9.59 Å². The molecule has 0 unspecified atom stereocenters. The van der Waals surface area contributed by atoms with Crippen LogP contribution in [0.2, 0.25) is 0 Å². The molecule has 0 saturated heterocycles. The molecule has 0 aliphatic heterocycles. The zero-order chi connectivity index (χ0) is 16.0. The van der Waals surface area contributed by atoms with Crippen LogP contribution < -0.4 is 10.6 Å². The molecule has 22 heavy (non-hydrogen) atoms. The predicted octanol–water partition coefficient (Wildman–Crippen LogP) is 2.02. The van der Waals surface area contributed by atoms with E-state index in [0.717, 1.165) is 12.0 Å². The molecule has 1 aromatic rings. The summed E-state index contributed by atoms with van der Waals surface area (Å²) in [6, 6.07) is 9.94. The van der Waals surface area contributed by atoms with Crippen LogP contribution in [0.3, 0.4) is 0 Å². The Morgan fingerprint density at radius 2 is 1.68 bits per heavy atom. The van der Waals surface area contributed by atoms with E-state index < -0.39 is 0 Å². The summed E-state index contributed by atoms with van der Waals surface area (Å²) < 4.78 is 5.51. The van der Waals surface area contributed by atoms with Gasteiger partial charge < -0.3 is 15.4 Å². The standard InChI is InChI=1S/C17H26N2O3/c1-2-11-18-17(21)10-12-19-16(20)9-6-13-22-14-15-7-4-3-5-8-15/h3-5,7-8H,2,6,9-14H2,1H3,(H,18,21)(H,19,20). The lowest BCUT2D eigenvalue weighted by molar-refractivity contribution is -0.122. The van der Waals surface area contributed by atoms with Gasteiger partial charge in [-0.05, 0) is 18.4 Å². The second kappa shape index (κ2) is 11.7. The summed E-state index contributed by atoms with van der Waals surface area (Å²) in [6.07, 6.45) is 2.35. The lowest BCUT2D eigenvalue weighted by Crippen LogP contribution is -2.31. The van der Waals surface area contributed by atoms with E-state index in [4.69, 9.17) is 4.74 Å². The minimum atomic E-state index is -0.0356. The lowest BCUT2D eigenvalue weighted by atomic mass is 10.2. The van der Waals surface area contributed by atoms with Crippen LogP contribution in [0.4, 0.5) is 0 Å². The van der Waals surface area contributed by atoms with Crippen LogP contribution in [-0.4, -0.2) is 31.5 Å². The second-order valence-electron chi connectivity index (χ2n) is 5.09. The summed E-state index contributed by atoms with van der Waals surface area (Å²) in [4.78, 5) is 22.9. The van der Waals surface area contributed by atoms with Gasteiger partial charge in [-0.1, -0.05) is 37.3 Å². The maximum atomic E-state index is 11.6. The van der Waals surface area contributed by atoms with Gasteiger partial charge in [-0.2, -0.15) is 0 Å². The van der Waals surface area contributed by atoms with E-state index in [1.54, 1.807) is 0 Å². The lowest BCUT2D eigenvalue weighted by Gasteiger charge is -2.06. The second-order valence-corrected chi connectivity index (χ2v) is 5.09. The van der Waals surface area contributed by atoms with Gasteiger partial charge in [0.1, 0.15) is 0 Å². The molecule has 1 aromatic carbocycles. The molecule has 0 aromatic heterocycles. The van der Waals surface area contributed by atoms with E-state index in [1.807, 2.05) is 37.3 Å². The molecular formula is C17H26N2O3. The molecule has 0 aliphatic rings. The summed E-state index contributed by atoms with van der Waals surface area (Å²) in [6.45, 7) is 4.20. The van der Waals surface area contributed by atoms with Gasteiger partial charge >= 0.3 is 0 Å². The zero-order valence-electron chi connectivity index (χ0n) is 13.3. The quantitative estimate of drug-likeness (QED) is 0.615. The van der Waals surface area contributed by atoms with Crippen molar-refractivity contribution in [2.45, 2.75) is 39.2 Å². The highest BCUT2D eigenvalue weighted by Crippen LogP contribution is 2.01. The first-order valence-electron chi connectivity index (χ1n) is 7.87. The fraction of sp³-hybridized carbons (Fsp3) is 0.529. The van der Waals surface area contributed by atoms with Gasteiger partial charge in [0, 0.05) is 32.5 Å². The number of amides is 2. The third kappa shape index (κ3) is 9.13. The summed E-state index contributed by atoms with van der Waals surface area (Å²) in [7, 11) is 0. The van der Waals surface area contributed by atoms with Crippen LogP contribution in [0.1, 0.15) is 38.2 Å². The van der Waals surface area contributed by atoms with Crippen molar-refractivity contribution in [2.24, 2.45) is 0 Å².